The van der Waals surface area contributed by atoms with Gasteiger partial charge in [0, 0.05) is 19.3 Å². The predicted molar refractivity (Wildman–Crippen MR) is 55.0 cm³/mol. The zero-order valence-corrected chi connectivity index (χ0v) is 8.87. The average Bonchev–Trinajstić information content (AvgIpc) is 2.72. The van der Waals surface area contributed by atoms with Crippen molar-refractivity contribution in [3.8, 4) is 0 Å². The van der Waals surface area contributed by atoms with E-state index in [4.69, 9.17) is 10.5 Å². The SMILES string of the molecule is NC(CC1CCOCC1)c1cnns1. The first-order chi connectivity index (χ1) is 6.86. The molecule has 0 aliphatic carbocycles. The first-order valence-corrected chi connectivity index (χ1v) is 5.74. The maximum atomic E-state index is 6.06. The van der Waals surface area contributed by atoms with Crippen molar-refractivity contribution in [3.05, 3.63) is 11.1 Å². The summed E-state index contributed by atoms with van der Waals surface area (Å²) in [6.07, 6.45) is 5.09. The van der Waals surface area contributed by atoms with Gasteiger partial charge >= 0.3 is 0 Å². The fraction of sp³-hybridized carbons (Fsp3) is 0.778. The molecule has 1 unspecified atom stereocenters. The van der Waals surface area contributed by atoms with E-state index in [1.165, 1.54) is 11.5 Å². The minimum atomic E-state index is 0.109. The molecule has 14 heavy (non-hydrogen) atoms. The average molecular weight is 213 g/mol. The molecular weight excluding hydrogens is 198 g/mol. The molecule has 4 nitrogen and oxygen atoms in total. The molecule has 2 N–H and O–H groups in total. The second kappa shape index (κ2) is 4.82. The monoisotopic (exact) mass is 213 g/mol. The van der Waals surface area contributed by atoms with Crippen LogP contribution in [0.2, 0.25) is 0 Å². The Balaban J connectivity index is 1.84. The summed E-state index contributed by atoms with van der Waals surface area (Å²) in [6, 6.07) is 0.109. The maximum absolute atomic E-state index is 6.06. The third kappa shape index (κ3) is 2.50. The Hall–Kier alpha value is -0.520. The zero-order chi connectivity index (χ0) is 9.80. The van der Waals surface area contributed by atoms with Crippen LogP contribution in [-0.4, -0.2) is 22.8 Å². The van der Waals surface area contributed by atoms with Crippen molar-refractivity contribution >= 4 is 11.5 Å². The van der Waals surface area contributed by atoms with Crippen LogP contribution in [0.15, 0.2) is 6.20 Å². The van der Waals surface area contributed by atoms with E-state index in [0.717, 1.165) is 37.4 Å². The lowest BCUT2D eigenvalue weighted by atomic mass is 9.92. The minimum Gasteiger partial charge on any atom is -0.381 e. The van der Waals surface area contributed by atoms with Crippen LogP contribution in [0.5, 0.6) is 0 Å². The first-order valence-electron chi connectivity index (χ1n) is 4.97. The number of hydrogen-bond donors (Lipinski definition) is 1. The van der Waals surface area contributed by atoms with Crippen molar-refractivity contribution in [2.24, 2.45) is 11.7 Å². The topological polar surface area (TPSA) is 61.0 Å². The fourth-order valence-electron chi connectivity index (χ4n) is 1.80. The molecule has 0 amide bonds. The molecule has 0 radical (unpaired) electrons. The highest BCUT2D eigenvalue weighted by atomic mass is 32.1. The Morgan fingerprint density at radius 3 is 3.00 bits per heavy atom. The summed E-state index contributed by atoms with van der Waals surface area (Å²) in [5.41, 5.74) is 6.06. The molecule has 1 aromatic heterocycles. The van der Waals surface area contributed by atoms with E-state index in [2.05, 4.69) is 9.59 Å². The molecule has 2 heterocycles. The van der Waals surface area contributed by atoms with Crippen LogP contribution in [0.25, 0.3) is 0 Å². The van der Waals surface area contributed by atoms with E-state index in [1.807, 2.05) is 0 Å². The van der Waals surface area contributed by atoms with Crippen LogP contribution < -0.4 is 5.73 Å². The van der Waals surface area contributed by atoms with E-state index in [9.17, 15) is 0 Å². The van der Waals surface area contributed by atoms with Gasteiger partial charge in [0.2, 0.25) is 0 Å². The van der Waals surface area contributed by atoms with Gasteiger partial charge in [-0.15, -0.1) is 5.10 Å². The Bertz CT molecular complexity index is 259. The van der Waals surface area contributed by atoms with E-state index in [0.29, 0.717) is 5.92 Å². The Kier molecular flexibility index (Phi) is 3.44. The molecule has 0 spiro atoms. The Morgan fingerprint density at radius 2 is 2.36 bits per heavy atom. The zero-order valence-electron chi connectivity index (χ0n) is 8.06. The third-order valence-corrected chi connectivity index (χ3v) is 3.47. The highest BCUT2D eigenvalue weighted by molar-refractivity contribution is 7.05. The lowest BCUT2D eigenvalue weighted by Gasteiger charge is -2.23. The molecule has 5 heteroatoms. The molecule has 1 aromatic rings. The smallest absolute Gasteiger partial charge is 0.0669 e. The summed E-state index contributed by atoms with van der Waals surface area (Å²) in [6.45, 7) is 1.77. The van der Waals surface area contributed by atoms with Gasteiger partial charge in [-0.05, 0) is 36.7 Å². The normalized spacial score (nSPS) is 20.9. The molecule has 78 valence electrons. The molecule has 1 saturated heterocycles. The van der Waals surface area contributed by atoms with Crippen LogP contribution in [-0.2, 0) is 4.74 Å². The number of ether oxygens (including phenoxy) is 1. The maximum Gasteiger partial charge on any atom is 0.0669 e. The van der Waals surface area contributed by atoms with Crippen LogP contribution in [0.3, 0.4) is 0 Å². The molecule has 2 rings (SSSR count). The Morgan fingerprint density at radius 1 is 1.57 bits per heavy atom. The van der Waals surface area contributed by atoms with Crippen molar-refractivity contribution in [2.45, 2.75) is 25.3 Å². The molecular formula is C9H15N3OS. The largest absolute Gasteiger partial charge is 0.381 e. The van der Waals surface area contributed by atoms with Gasteiger partial charge in [0.25, 0.3) is 0 Å². The van der Waals surface area contributed by atoms with Crippen molar-refractivity contribution in [1.82, 2.24) is 9.59 Å². The minimum absolute atomic E-state index is 0.109. The fourth-order valence-corrected chi connectivity index (χ4v) is 2.31. The van der Waals surface area contributed by atoms with Crippen LogP contribution in [0, 0.1) is 5.92 Å². The number of nitrogens with zero attached hydrogens (tertiary/aromatic N) is 2. The molecule has 0 aromatic carbocycles. The standard InChI is InChI=1S/C9H15N3OS/c10-8(9-6-11-12-14-9)5-7-1-3-13-4-2-7/h6-8H,1-5,10H2. The van der Waals surface area contributed by atoms with Crippen molar-refractivity contribution < 1.29 is 4.74 Å². The third-order valence-electron chi connectivity index (χ3n) is 2.67. The number of hydrogen-bond acceptors (Lipinski definition) is 5. The van der Waals surface area contributed by atoms with Gasteiger partial charge in [0.15, 0.2) is 0 Å². The van der Waals surface area contributed by atoms with Crippen molar-refractivity contribution in [1.29, 1.82) is 0 Å². The molecule has 0 bridgehead atoms. The van der Waals surface area contributed by atoms with Crippen LogP contribution >= 0.6 is 11.5 Å². The predicted octanol–water partition coefficient (Wildman–Crippen LogP) is 1.35. The quantitative estimate of drug-likeness (QED) is 0.823. The lowest BCUT2D eigenvalue weighted by molar-refractivity contribution is 0.0619. The van der Waals surface area contributed by atoms with E-state index in [1.54, 1.807) is 6.20 Å². The van der Waals surface area contributed by atoms with E-state index < -0.39 is 0 Å². The number of rotatable bonds is 3. The molecule has 1 fully saturated rings. The van der Waals surface area contributed by atoms with Gasteiger partial charge < -0.3 is 10.5 Å². The van der Waals surface area contributed by atoms with Gasteiger partial charge in [-0.2, -0.15) is 0 Å². The summed E-state index contributed by atoms with van der Waals surface area (Å²) in [5, 5.41) is 3.80. The lowest BCUT2D eigenvalue weighted by Crippen LogP contribution is -2.21. The van der Waals surface area contributed by atoms with E-state index in [-0.39, 0.29) is 6.04 Å². The van der Waals surface area contributed by atoms with Gasteiger partial charge in [-0.25, -0.2) is 0 Å². The first kappa shape index (κ1) is 10.0. The molecule has 1 aliphatic heterocycles. The van der Waals surface area contributed by atoms with Crippen molar-refractivity contribution in [2.75, 3.05) is 13.2 Å². The Labute approximate surface area is 87.6 Å². The summed E-state index contributed by atoms with van der Waals surface area (Å²) in [4.78, 5) is 1.09. The molecule has 0 saturated carbocycles. The highest BCUT2D eigenvalue weighted by Gasteiger charge is 2.18. The number of nitrogens with two attached hydrogens (primary N) is 1. The van der Waals surface area contributed by atoms with Gasteiger partial charge in [0.1, 0.15) is 0 Å². The molecule has 1 atom stereocenters. The summed E-state index contributed by atoms with van der Waals surface area (Å²) in [5.74, 6) is 0.709. The van der Waals surface area contributed by atoms with Crippen LogP contribution in [0.4, 0.5) is 0 Å². The van der Waals surface area contributed by atoms with Gasteiger partial charge in [-0.1, -0.05) is 4.49 Å². The summed E-state index contributed by atoms with van der Waals surface area (Å²) < 4.78 is 9.13. The molecule has 1 aliphatic rings. The second-order valence-electron chi connectivity index (χ2n) is 3.72. The summed E-state index contributed by atoms with van der Waals surface area (Å²) >= 11 is 1.40. The van der Waals surface area contributed by atoms with E-state index >= 15 is 0 Å². The number of aromatic nitrogens is 2. The van der Waals surface area contributed by atoms with Gasteiger partial charge in [-0.3, -0.25) is 0 Å². The van der Waals surface area contributed by atoms with Crippen molar-refractivity contribution in [3.63, 3.8) is 0 Å². The van der Waals surface area contributed by atoms with Gasteiger partial charge in [0.05, 0.1) is 11.1 Å². The summed E-state index contributed by atoms with van der Waals surface area (Å²) in [7, 11) is 0. The highest BCUT2D eigenvalue weighted by Crippen LogP contribution is 2.26. The van der Waals surface area contributed by atoms with Crippen LogP contribution in [0.1, 0.15) is 30.2 Å². The second-order valence-corrected chi connectivity index (χ2v) is 4.54.